The molecular weight excluding hydrogens is 273 g/mol. The van der Waals surface area contributed by atoms with Gasteiger partial charge in [0.2, 0.25) is 0 Å². The Balaban J connectivity index is 2.27. The van der Waals surface area contributed by atoms with Gasteiger partial charge in [-0.05, 0) is 32.0 Å². The molecule has 4 nitrogen and oxygen atoms in total. The minimum atomic E-state index is -0.247. The average molecular weight is 284 g/mol. The summed E-state index contributed by atoms with van der Waals surface area (Å²) in [4.78, 5) is 12.1. The predicted octanol–water partition coefficient (Wildman–Crippen LogP) is 3.59. The molecule has 6 heteroatoms. The summed E-state index contributed by atoms with van der Waals surface area (Å²) in [6.45, 7) is 3.56. The first-order chi connectivity index (χ1) is 8.49. The number of halogens is 2. The summed E-state index contributed by atoms with van der Waals surface area (Å²) in [5, 5.41) is 10.4. The molecular formula is C12H11Cl2N3O. The van der Waals surface area contributed by atoms with Crippen molar-refractivity contribution in [1.29, 1.82) is 0 Å². The number of benzene rings is 1. The fourth-order valence-corrected chi connectivity index (χ4v) is 2.12. The van der Waals surface area contributed by atoms with Gasteiger partial charge in [0.1, 0.15) is 0 Å². The molecule has 0 unspecified atom stereocenters. The number of carbonyl (C=O) groups is 1. The standard InChI is InChI=1S/C12H11Cl2N3O/c1-6-11(7(2)17-16-6)12(18)15-10-4-3-8(13)5-9(10)14/h3-5H,1-2H3,(H,15,18)(H,16,17). The van der Waals surface area contributed by atoms with E-state index in [4.69, 9.17) is 23.2 Å². The van der Waals surface area contributed by atoms with Gasteiger partial charge in [-0.25, -0.2) is 0 Å². The molecule has 94 valence electrons. The SMILES string of the molecule is Cc1n[nH]c(C)c1C(=O)Nc1ccc(Cl)cc1Cl. The molecule has 0 saturated heterocycles. The fourth-order valence-electron chi connectivity index (χ4n) is 1.66. The van der Waals surface area contributed by atoms with Gasteiger partial charge in [-0.3, -0.25) is 9.89 Å². The molecule has 0 aliphatic rings. The van der Waals surface area contributed by atoms with Crippen LogP contribution < -0.4 is 5.32 Å². The lowest BCUT2D eigenvalue weighted by Gasteiger charge is -2.07. The second-order valence-electron chi connectivity index (χ2n) is 3.89. The van der Waals surface area contributed by atoms with E-state index in [1.54, 1.807) is 32.0 Å². The molecule has 0 saturated carbocycles. The molecule has 0 aliphatic carbocycles. The Labute approximate surface area is 114 Å². The molecule has 1 heterocycles. The number of nitrogens with zero attached hydrogens (tertiary/aromatic N) is 1. The van der Waals surface area contributed by atoms with Crippen LogP contribution in [0.3, 0.4) is 0 Å². The maximum Gasteiger partial charge on any atom is 0.259 e. The maximum atomic E-state index is 12.1. The Bertz CT molecular complexity index is 588. The number of H-pyrrole nitrogens is 1. The molecule has 2 aromatic rings. The maximum absolute atomic E-state index is 12.1. The van der Waals surface area contributed by atoms with Crippen LogP contribution in [-0.4, -0.2) is 16.1 Å². The third kappa shape index (κ3) is 2.49. The van der Waals surface area contributed by atoms with E-state index in [2.05, 4.69) is 15.5 Å². The quantitative estimate of drug-likeness (QED) is 0.885. The van der Waals surface area contributed by atoms with E-state index in [1.165, 1.54) is 0 Å². The van der Waals surface area contributed by atoms with Crippen LogP contribution >= 0.6 is 23.2 Å². The highest BCUT2D eigenvalue weighted by molar-refractivity contribution is 6.36. The molecule has 1 aromatic carbocycles. The second kappa shape index (κ2) is 5.00. The lowest BCUT2D eigenvalue weighted by Crippen LogP contribution is -2.14. The van der Waals surface area contributed by atoms with Crippen molar-refractivity contribution in [2.45, 2.75) is 13.8 Å². The van der Waals surface area contributed by atoms with Crippen LogP contribution in [0.4, 0.5) is 5.69 Å². The monoisotopic (exact) mass is 283 g/mol. The molecule has 1 amide bonds. The summed E-state index contributed by atoms with van der Waals surface area (Å²) in [5.41, 5.74) is 2.41. The molecule has 18 heavy (non-hydrogen) atoms. The number of carbonyl (C=O) groups excluding carboxylic acids is 1. The van der Waals surface area contributed by atoms with Gasteiger partial charge in [0.25, 0.3) is 5.91 Å². The van der Waals surface area contributed by atoms with Gasteiger partial charge in [0, 0.05) is 10.7 Å². The van der Waals surface area contributed by atoms with E-state index < -0.39 is 0 Å². The van der Waals surface area contributed by atoms with Crippen LogP contribution in [0, 0.1) is 13.8 Å². The molecule has 0 spiro atoms. The number of aromatic nitrogens is 2. The van der Waals surface area contributed by atoms with Crippen LogP contribution in [0.1, 0.15) is 21.7 Å². The van der Waals surface area contributed by atoms with Crippen LogP contribution in [0.25, 0.3) is 0 Å². The number of hydrogen-bond donors (Lipinski definition) is 2. The Morgan fingerprint density at radius 1 is 1.33 bits per heavy atom. The first-order valence-corrected chi connectivity index (χ1v) is 6.02. The van der Waals surface area contributed by atoms with Crippen molar-refractivity contribution in [1.82, 2.24) is 10.2 Å². The lowest BCUT2D eigenvalue weighted by molar-refractivity contribution is 0.102. The van der Waals surface area contributed by atoms with Gasteiger partial charge in [-0.2, -0.15) is 5.10 Å². The van der Waals surface area contributed by atoms with Gasteiger partial charge in [0.15, 0.2) is 0 Å². The van der Waals surface area contributed by atoms with Crippen molar-refractivity contribution in [3.63, 3.8) is 0 Å². The highest BCUT2D eigenvalue weighted by Crippen LogP contribution is 2.26. The van der Waals surface area contributed by atoms with E-state index in [0.717, 1.165) is 5.69 Å². The van der Waals surface area contributed by atoms with E-state index in [-0.39, 0.29) is 5.91 Å². The number of hydrogen-bond acceptors (Lipinski definition) is 2. The lowest BCUT2D eigenvalue weighted by atomic mass is 10.2. The number of amides is 1. The molecule has 0 bridgehead atoms. The zero-order valence-electron chi connectivity index (χ0n) is 9.84. The van der Waals surface area contributed by atoms with Gasteiger partial charge in [0.05, 0.1) is 22.0 Å². The average Bonchev–Trinajstić information content (AvgIpc) is 2.62. The van der Waals surface area contributed by atoms with Crippen molar-refractivity contribution < 1.29 is 4.79 Å². The molecule has 1 aromatic heterocycles. The van der Waals surface area contributed by atoms with Crippen LogP contribution in [0.2, 0.25) is 10.0 Å². The van der Waals surface area contributed by atoms with Gasteiger partial charge in [-0.1, -0.05) is 23.2 Å². The first kappa shape index (κ1) is 12.9. The van der Waals surface area contributed by atoms with Crippen molar-refractivity contribution in [3.05, 3.63) is 45.2 Å². The highest BCUT2D eigenvalue weighted by Gasteiger charge is 2.16. The fraction of sp³-hybridized carbons (Fsp3) is 0.167. The Kier molecular flexibility index (Phi) is 3.59. The highest BCUT2D eigenvalue weighted by atomic mass is 35.5. The molecule has 0 atom stereocenters. The van der Waals surface area contributed by atoms with Crippen molar-refractivity contribution >= 4 is 34.8 Å². The Morgan fingerprint density at radius 2 is 2.06 bits per heavy atom. The second-order valence-corrected chi connectivity index (χ2v) is 4.73. The van der Waals surface area contributed by atoms with Crippen LogP contribution in [-0.2, 0) is 0 Å². The Hall–Kier alpha value is -1.52. The molecule has 0 fully saturated rings. The molecule has 0 radical (unpaired) electrons. The van der Waals surface area contributed by atoms with E-state index in [1.807, 2.05) is 0 Å². The van der Waals surface area contributed by atoms with Crippen LogP contribution in [0.5, 0.6) is 0 Å². The Morgan fingerprint density at radius 3 is 2.61 bits per heavy atom. The first-order valence-electron chi connectivity index (χ1n) is 5.27. The number of anilines is 1. The minimum Gasteiger partial charge on any atom is -0.321 e. The summed E-state index contributed by atoms with van der Waals surface area (Å²) in [5.74, 6) is -0.247. The summed E-state index contributed by atoms with van der Waals surface area (Å²) < 4.78 is 0. The van der Waals surface area contributed by atoms with E-state index in [9.17, 15) is 4.79 Å². The normalized spacial score (nSPS) is 10.4. The van der Waals surface area contributed by atoms with Crippen molar-refractivity contribution in [2.75, 3.05) is 5.32 Å². The zero-order valence-corrected chi connectivity index (χ0v) is 11.4. The van der Waals surface area contributed by atoms with Crippen molar-refractivity contribution in [3.8, 4) is 0 Å². The molecule has 0 aliphatic heterocycles. The third-order valence-electron chi connectivity index (χ3n) is 2.53. The minimum absolute atomic E-state index is 0.247. The number of aryl methyl sites for hydroxylation is 2. The summed E-state index contributed by atoms with van der Waals surface area (Å²) >= 11 is 11.8. The number of nitrogens with one attached hydrogen (secondary N) is 2. The summed E-state index contributed by atoms with van der Waals surface area (Å²) in [6.07, 6.45) is 0. The largest absolute Gasteiger partial charge is 0.321 e. The summed E-state index contributed by atoms with van der Waals surface area (Å²) in [7, 11) is 0. The zero-order chi connectivity index (χ0) is 13.3. The van der Waals surface area contributed by atoms with Crippen LogP contribution in [0.15, 0.2) is 18.2 Å². The van der Waals surface area contributed by atoms with Gasteiger partial charge >= 0.3 is 0 Å². The predicted molar refractivity (Wildman–Crippen MR) is 72.5 cm³/mol. The van der Waals surface area contributed by atoms with Crippen molar-refractivity contribution in [2.24, 2.45) is 0 Å². The number of aromatic amines is 1. The molecule has 2 rings (SSSR count). The van der Waals surface area contributed by atoms with E-state index in [0.29, 0.717) is 27.0 Å². The topological polar surface area (TPSA) is 57.8 Å². The number of rotatable bonds is 2. The third-order valence-corrected chi connectivity index (χ3v) is 3.08. The van der Waals surface area contributed by atoms with Gasteiger partial charge in [-0.15, -0.1) is 0 Å². The van der Waals surface area contributed by atoms with Gasteiger partial charge < -0.3 is 5.32 Å². The smallest absolute Gasteiger partial charge is 0.259 e. The summed E-state index contributed by atoms with van der Waals surface area (Å²) in [6, 6.07) is 4.90. The molecule has 2 N–H and O–H groups in total. The van der Waals surface area contributed by atoms with E-state index >= 15 is 0 Å².